The zero-order valence-corrected chi connectivity index (χ0v) is 13.0. The van der Waals surface area contributed by atoms with Gasteiger partial charge in [-0.15, -0.1) is 11.3 Å². The van der Waals surface area contributed by atoms with Crippen molar-refractivity contribution in [1.29, 1.82) is 0 Å². The summed E-state index contributed by atoms with van der Waals surface area (Å²) in [6, 6.07) is 1.65. The van der Waals surface area contributed by atoms with Crippen LogP contribution in [-0.2, 0) is 0 Å². The quantitative estimate of drug-likeness (QED) is 0.738. The molecule has 21 heavy (non-hydrogen) atoms. The Bertz CT molecular complexity index is 718. The zero-order chi connectivity index (χ0) is 15.1. The summed E-state index contributed by atoms with van der Waals surface area (Å²) in [6.45, 7) is 3.26. The number of halogens is 1. The van der Waals surface area contributed by atoms with E-state index in [2.05, 4.69) is 15.2 Å². The van der Waals surface area contributed by atoms with Crippen LogP contribution < -0.4 is 16.0 Å². The Kier molecular flexibility index (Phi) is 3.54. The van der Waals surface area contributed by atoms with Gasteiger partial charge in [-0.2, -0.15) is 0 Å². The van der Waals surface area contributed by atoms with Gasteiger partial charge < -0.3 is 21.1 Å². The number of carboxylic acid groups (broad SMARTS) is 1. The number of nitrogens with two attached hydrogens (primary N) is 1. The van der Waals surface area contributed by atoms with Gasteiger partial charge in [-0.3, -0.25) is 0 Å². The van der Waals surface area contributed by atoms with E-state index in [9.17, 15) is 4.79 Å². The molecule has 0 saturated carbocycles. The highest BCUT2D eigenvalue weighted by Crippen LogP contribution is 2.41. The van der Waals surface area contributed by atoms with E-state index in [1.807, 2.05) is 6.92 Å². The summed E-state index contributed by atoms with van der Waals surface area (Å²) in [5.74, 6) is 0. The highest BCUT2D eigenvalue weighted by molar-refractivity contribution is 7.19. The molecule has 1 aliphatic rings. The third-order valence-corrected chi connectivity index (χ3v) is 4.98. The molecule has 2 aromatic rings. The molecule has 112 valence electrons. The monoisotopic (exact) mass is 326 g/mol. The largest absolute Gasteiger partial charge is 0.465 e. The molecule has 1 aromatic carbocycles. The van der Waals surface area contributed by atoms with Crippen molar-refractivity contribution in [3.8, 4) is 0 Å². The van der Waals surface area contributed by atoms with Crippen LogP contribution in [0.25, 0.3) is 10.2 Å². The lowest BCUT2D eigenvalue weighted by Crippen LogP contribution is -2.36. The number of aromatic nitrogens is 1. The van der Waals surface area contributed by atoms with Crippen molar-refractivity contribution in [3.05, 3.63) is 16.1 Å². The summed E-state index contributed by atoms with van der Waals surface area (Å²) >= 11 is 7.77. The van der Waals surface area contributed by atoms with Crippen LogP contribution in [0.5, 0.6) is 0 Å². The SMILES string of the molecule is Cc1nc2c(N3CCC(NC(=O)O)C3)c(N)cc(Cl)c2s1. The van der Waals surface area contributed by atoms with Crippen molar-refractivity contribution < 1.29 is 9.90 Å². The molecule has 0 aliphatic carbocycles. The van der Waals surface area contributed by atoms with Crippen molar-refractivity contribution in [2.45, 2.75) is 19.4 Å². The Hall–Kier alpha value is -1.73. The van der Waals surface area contributed by atoms with Gasteiger partial charge in [0, 0.05) is 13.1 Å². The molecule has 0 radical (unpaired) electrons. The maximum absolute atomic E-state index is 10.7. The average molecular weight is 327 g/mol. The molecule has 1 saturated heterocycles. The number of hydrogen-bond acceptors (Lipinski definition) is 5. The smallest absolute Gasteiger partial charge is 0.404 e. The van der Waals surface area contributed by atoms with Gasteiger partial charge in [0.2, 0.25) is 0 Å². The van der Waals surface area contributed by atoms with E-state index in [-0.39, 0.29) is 6.04 Å². The highest BCUT2D eigenvalue weighted by atomic mass is 35.5. The third-order valence-electron chi connectivity index (χ3n) is 3.56. The van der Waals surface area contributed by atoms with Crippen LogP contribution in [0, 0.1) is 6.92 Å². The molecule has 1 fully saturated rings. The lowest BCUT2D eigenvalue weighted by atomic mass is 10.2. The second-order valence-electron chi connectivity index (χ2n) is 5.09. The Morgan fingerprint density at radius 1 is 1.67 bits per heavy atom. The van der Waals surface area contributed by atoms with Crippen LogP contribution in [0.3, 0.4) is 0 Å². The summed E-state index contributed by atoms with van der Waals surface area (Å²) in [7, 11) is 0. The van der Waals surface area contributed by atoms with Gasteiger partial charge in [0.15, 0.2) is 0 Å². The van der Waals surface area contributed by atoms with E-state index < -0.39 is 6.09 Å². The van der Waals surface area contributed by atoms with Crippen molar-refractivity contribution in [2.24, 2.45) is 0 Å². The number of fused-ring (bicyclic) bond motifs is 1. The summed E-state index contributed by atoms with van der Waals surface area (Å²) in [5.41, 5.74) is 8.36. The van der Waals surface area contributed by atoms with Gasteiger partial charge in [-0.05, 0) is 19.4 Å². The Morgan fingerprint density at radius 2 is 2.43 bits per heavy atom. The van der Waals surface area contributed by atoms with Crippen molar-refractivity contribution >= 4 is 50.6 Å². The van der Waals surface area contributed by atoms with Crippen LogP contribution in [0.2, 0.25) is 5.02 Å². The molecule has 4 N–H and O–H groups in total. The van der Waals surface area contributed by atoms with E-state index in [1.54, 1.807) is 6.07 Å². The number of nitrogens with zero attached hydrogens (tertiary/aromatic N) is 2. The minimum absolute atomic E-state index is 0.0904. The normalized spacial score (nSPS) is 18.4. The molecule has 1 aromatic heterocycles. The Balaban J connectivity index is 1.99. The number of thiazole rings is 1. The lowest BCUT2D eigenvalue weighted by Gasteiger charge is -2.21. The molecule has 6 nitrogen and oxygen atoms in total. The molecule has 1 atom stereocenters. The van der Waals surface area contributed by atoms with Crippen molar-refractivity contribution in [1.82, 2.24) is 10.3 Å². The number of aryl methyl sites for hydroxylation is 1. The van der Waals surface area contributed by atoms with Crippen LogP contribution in [0.1, 0.15) is 11.4 Å². The van der Waals surface area contributed by atoms with Crippen LogP contribution in [-0.4, -0.2) is 35.3 Å². The van der Waals surface area contributed by atoms with Gasteiger partial charge in [-0.1, -0.05) is 11.6 Å². The number of hydrogen-bond donors (Lipinski definition) is 3. The second kappa shape index (κ2) is 5.23. The van der Waals surface area contributed by atoms with Crippen molar-refractivity contribution in [2.75, 3.05) is 23.7 Å². The van der Waals surface area contributed by atoms with Gasteiger partial charge in [0.1, 0.15) is 5.52 Å². The molecular formula is C13H15ClN4O2S. The summed E-state index contributed by atoms with van der Waals surface area (Å²) in [6.07, 6.45) is -0.250. The topological polar surface area (TPSA) is 91.5 Å². The molecular weight excluding hydrogens is 312 g/mol. The molecule has 0 spiro atoms. The van der Waals surface area contributed by atoms with Crippen molar-refractivity contribution in [3.63, 3.8) is 0 Å². The fraction of sp³-hybridized carbons (Fsp3) is 0.385. The second-order valence-corrected chi connectivity index (χ2v) is 6.70. The first-order valence-corrected chi connectivity index (χ1v) is 7.74. The summed E-state index contributed by atoms with van der Waals surface area (Å²) in [5, 5.41) is 12.9. The summed E-state index contributed by atoms with van der Waals surface area (Å²) < 4.78 is 0.924. The third kappa shape index (κ3) is 2.58. The predicted molar refractivity (Wildman–Crippen MR) is 85.6 cm³/mol. The minimum Gasteiger partial charge on any atom is -0.465 e. The van der Waals surface area contributed by atoms with E-state index >= 15 is 0 Å². The van der Waals surface area contributed by atoms with Crippen LogP contribution in [0.15, 0.2) is 6.07 Å². The molecule has 2 heterocycles. The molecule has 3 rings (SSSR count). The fourth-order valence-corrected chi connectivity index (χ4v) is 3.90. The van der Waals surface area contributed by atoms with Gasteiger partial charge >= 0.3 is 6.09 Å². The minimum atomic E-state index is -0.999. The van der Waals surface area contributed by atoms with E-state index in [0.29, 0.717) is 17.3 Å². The molecule has 1 amide bonds. The van der Waals surface area contributed by atoms with Gasteiger partial charge in [-0.25, -0.2) is 9.78 Å². The van der Waals surface area contributed by atoms with E-state index in [0.717, 1.165) is 33.9 Å². The number of rotatable bonds is 2. The van der Waals surface area contributed by atoms with Crippen LogP contribution >= 0.6 is 22.9 Å². The van der Waals surface area contributed by atoms with Gasteiger partial charge in [0.05, 0.1) is 32.1 Å². The van der Waals surface area contributed by atoms with E-state index in [1.165, 1.54) is 11.3 Å². The standard InChI is InChI=1S/C13H15ClN4O2S/c1-6-16-10-11(9(15)4-8(14)12(10)21-6)18-3-2-7(5-18)17-13(19)20/h4,7,17H,2-3,5,15H2,1H3,(H,19,20). The Morgan fingerprint density at radius 3 is 3.14 bits per heavy atom. The number of anilines is 2. The number of benzene rings is 1. The number of nitrogens with one attached hydrogen (secondary N) is 1. The summed E-state index contributed by atoms with van der Waals surface area (Å²) in [4.78, 5) is 17.4. The van der Waals surface area contributed by atoms with Gasteiger partial charge in [0.25, 0.3) is 0 Å². The molecule has 1 aliphatic heterocycles. The predicted octanol–water partition coefficient (Wildman–Crippen LogP) is 2.69. The van der Waals surface area contributed by atoms with E-state index in [4.69, 9.17) is 22.4 Å². The van der Waals surface area contributed by atoms with Crippen LogP contribution in [0.4, 0.5) is 16.2 Å². The first-order chi connectivity index (χ1) is 9.95. The first-order valence-electron chi connectivity index (χ1n) is 6.55. The number of amides is 1. The fourth-order valence-electron chi connectivity index (χ4n) is 2.74. The molecule has 1 unspecified atom stereocenters. The first kappa shape index (κ1) is 14.2. The number of nitrogen functional groups attached to an aromatic ring is 1. The molecule has 8 heteroatoms. The number of carbonyl (C=O) groups is 1. The maximum Gasteiger partial charge on any atom is 0.404 e. The molecule has 0 bridgehead atoms. The zero-order valence-electron chi connectivity index (χ0n) is 11.4. The maximum atomic E-state index is 10.7. The lowest BCUT2D eigenvalue weighted by molar-refractivity contribution is 0.191. The Labute approximate surface area is 130 Å². The average Bonchev–Trinajstić information content (AvgIpc) is 2.96. The highest BCUT2D eigenvalue weighted by Gasteiger charge is 2.27.